The Morgan fingerprint density at radius 3 is 2.35 bits per heavy atom. The van der Waals surface area contributed by atoms with E-state index in [2.05, 4.69) is 0 Å². The van der Waals surface area contributed by atoms with Crippen LogP contribution >= 0.6 is 0 Å². The maximum Gasteiger partial charge on any atom is 0.269 e. The molecule has 0 aromatic heterocycles. The maximum atomic E-state index is 10.5. The quantitative estimate of drug-likeness (QED) is 0.497. The summed E-state index contributed by atoms with van der Waals surface area (Å²) in [5.74, 6) is 0. The second-order valence-electron chi connectivity index (χ2n) is 4.36. The van der Waals surface area contributed by atoms with E-state index < -0.39 is 13.2 Å². The highest BCUT2D eigenvalue weighted by molar-refractivity contribution is 6.72. The van der Waals surface area contributed by atoms with Crippen LogP contribution in [0.3, 0.4) is 0 Å². The second-order valence-corrected chi connectivity index (χ2v) is 8.48. The van der Waals surface area contributed by atoms with E-state index in [4.69, 9.17) is 10.2 Å². The minimum absolute atomic E-state index is 0.0804. The summed E-state index contributed by atoms with van der Waals surface area (Å²) >= 11 is 0. The maximum absolute atomic E-state index is 10.5. The average molecular weight is 254 g/mol. The fourth-order valence-electron chi connectivity index (χ4n) is 1.67. The van der Waals surface area contributed by atoms with Gasteiger partial charge in [0.1, 0.15) is 0 Å². The highest BCUT2D eigenvalue weighted by Crippen LogP contribution is 2.24. The number of hydrogen-bond acceptors (Lipinski definition) is 4. The zero-order chi connectivity index (χ0) is 13.1. The van der Waals surface area contributed by atoms with Gasteiger partial charge in [0, 0.05) is 24.4 Å². The van der Waals surface area contributed by atoms with E-state index >= 15 is 0 Å². The topological polar surface area (TPSA) is 78.4 Å². The summed E-state index contributed by atoms with van der Waals surface area (Å²) in [6.07, 6.45) is 0. The molecular weight excluding hydrogens is 236 g/mol. The molecule has 17 heavy (non-hydrogen) atoms. The number of nitro benzene ring substituents is 1. The molecule has 1 rings (SSSR count). The molecule has 2 N–H and O–H groups in total. The van der Waals surface area contributed by atoms with Gasteiger partial charge in [-0.05, 0) is 25.6 Å². The lowest BCUT2D eigenvalue weighted by Crippen LogP contribution is -2.43. The molecule has 0 spiro atoms. The molecule has 0 bridgehead atoms. The first-order valence-corrected chi connectivity index (χ1v) is 8.51. The number of non-ortho nitro benzene ring substituents is 1. The van der Waals surface area contributed by atoms with E-state index in [1.807, 2.05) is 20.0 Å². The lowest BCUT2D eigenvalue weighted by Gasteiger charge is -2.29. The van der Waals surface area contributed by atoms with Crippen LogP contribution in [0, 0.1) is 10.1 Å². The predicted octanol–water partition coefficient (Wildman–Crippen LogP) is 2.38. The standard InChI is InChI=1S/C11H18N2O3Si/c1-4-16-17(2,3)11(12)9-5-7-10(8-6-9)13(14)15/h5-8,11H,4,12H2,1-3H3. The number of hydrogen-bond donors (Lipinski definition) is 1. The Hall–Kier alpha value is -1.24. The fourth-order valence-corrected chi connectivity index (χ4v) is 3.59. The Morgan fingerprint density at radius 1 is 1.41 bits per heavy atom. The molecule has 5 nitrogen and oxygen atoms in total. The van der Waals surface area contributed by atoms with Crippen molar-refractivity contribution >= 4 is 14.0 Å². The third kappa shape index (κ3) is 3.35. The lowest BCUT2D eigenvalue weighted by atomic mass is 10.2. The van der Waals surface area contributed by atoms with Gasteiger partial charge in [0.05, 0.1) is 4.92 Å². The predicted molar refractivity (Wildman–Crippen MR) is 69.1 cm³/mol. The van der Waals surface area contributed by atoms with Crippen molar-refractivity contribution in [2.75, 3.05) is 6.61 Å². The number of benzene rings is 1. The molecule has 0 saturated carbocycles. The summed E-state index contributed by atoms with van der Waals surface area (Å²) in [5.41, 5.74) is 6.94. The zero-order valence-corrected chi connectivity index (χ0v) is 11.3. The van der Waals surface area contributed by atoms with Crippen LogP contribution in [-0.4, -0.2) is 19.8 Å². The van der Waals surface area contributed by atoms with E-state index in [9.17, 15) is 10.1 Å². The van der Waals surface area contributed by atoms with Crippen LogP contribution in [0.1, 0.15) is 18.2 Å². The van der Waals surface area contributed by atoms with Gasteiger partial charge in [-0.1, -0.05) is 12.1 Å². The largest absolute Gasteiger partial charge is 0.416 e. The summed E-state index contributed by atoms with van der Waals surface area (Å²) in [4.78, 5) is 10.1. The Bertz CT molecular complexity index is 392. The molecule has 0 aliphatic rings. The Labute approximate surface area is 102 Å². The van der Waals surface area contributed by atoms with E-state index in [0.717, 1.165) is 5.56 Å². The van der Waals surface area contributed by atoms with Gasteiger partial charge < -0.3 is 10.2 Å². The van der Waals surface area contributed by atoms with Crippen molar-refractivity contribution < 1.29 is 9.35 Å². The molecule has 0 heterocycles. The highest BCUT2D eigenvalue weighted by atomic mass is 28.4. The van der Waals surface area contributed by atoms with Gasteiger partial charge in [-0.25, -0.2) is 0 Å². The van der Waals surface area contributed by atoms with E-state index in [-0.39, 0.29) is 11.4 Å². The number of nitro groups is 1. The minimum atomic E-state index is -1.98. The summed E-state index contributed by atoms with van der Waals surface area (Å²) in [6.45, 7) is 6.67. The van der Waals surface area contributed by atoms with Crippen molar-refractivity contribution in [2.45, 2.75) is 25.7 Å². The third-order valence-electron chi connectivity index (χ3n) is 2.73. The molecule has 0 saturated heterocycles. The van der Waals surface area contributed by atoms with Gasteiger partial charge >= 0.3 is 0 Å². The normalized spacial score (nSPS) is 13.4. The van der Waals surface area contributed by atoms with Crippen LogP contribution in [0.15, 0.2) is 24.3 Å². The molecule has 0 fully saturated rings. The summed E-state index contributed by atoms with van der Waals surface area (Å²) in [6, 6.07) is 6.37. The van der Waals surface area contributed by atoms with Crippen LogP contribution < -0.4 is 5.73 Å². The summed E-state index contributed by atoms with van der Waals surface area (Å²) < 4.78 is 5.70. The fraction of sp³-hybridized carbons (Fsp3) is 0.455. The first-order chi connectivity index (χ1) is 7.88. The van der Waals surface area contributed by atoms with E-state index in [0.29, 0.717) is 6.61 Å². The lowest BCUT2D eigenvalue weighted by molar-refractivity contribution is -0.384. The molecule has 0 aliphatic carbocycles. The van der Waals surface area contributed by atoms with Gasteiger partial charge in [0.25, 0.3) is 5.69 Å². The van der Waals surface area contributed by atoms with Gasteiger partial charge in [0.15, 0.2) is 0 Å². The van der Waals surface area contributed by atoms with Crippen molar-refractivity contribution in [2.24, 2.45) is 5.73 Å². The smallest absolute Gasteiger partial charge is 0.269 e. The first kappa shape index (κ1) is 13.8. The first-order valence-electron chi connectivity index (χ1n) is 5.52. The molecule has 0 radical (unpaired) electrons. The van der Waals surface area contributed by atoms with Gasteiger partial charge in [-0.15, -0.1) is 0 Å². The van der Waals surface area contributed by atoms with Crippen LogP contribution in [0.25, 0.3) is 0 Å². The van der Waals surface area contributed by atoms with E-state index in [1.165, 1.54) is 12.1 Å². The van der Waals surface area contributed by atoms with Crippen LogP contribution in [0.2, 0.25) is 13.1 Å². The Kier molecular flexibility index (Phi) is 4.38. The van der Waals surface area contributed by atoms with Crippen molar-refractivity contribution in [3.05, 3.63) is 39.9 Å². The SMILES string of the molecule is CCO[Si](C)(C)C(N)c1ccc([N+](=O)[O-])cc1. The van der Waals surface area contributed by atoms with Crippen LogP contribution in [-0.2, 0) is 4.43 Å². The van der Waals surface area contributed by atoms with Crippen LogP contribution in [0.4, 0.5) is 5.69 Å². The molecule has 1 aromatic carbocycles. The van der Waals surface area contributed by atoms with Gasteiger partial charge in [0.2, 0.25) is 8.32 Å². The molecule has 0 aliphatic heterocycles. The third-order valence-corrected chi connectivity index (χ3v) is 5.59. The Morgan fingerprint density at radius 2 is 1.94 bits per heavy atom. The Balaban J connectivity index is 2.89. The molecule has 6 heteroatoms. The number of rotatable bonds is 5. The number of nitrogens with zero attached hydrogens (tertiary/aromatic N) is 1. The van der Waals surface area contributed by atoms with E-state index in [1.54, 1.807) is 12.1 Å². The molecule has 1 aromatic rings. The van der Waals surface area contributed by atoms with Gasteiger partial charge in [-0.2, -0.15) is 0 Å². The number of nitrogens with two attached hydrogens (primary N) is 1. The summed E-state index contributed by atoms with van der Waals surface area (Å²) in [5, 5.41) is 10.5. The average Bonchev–Trinajstić information content (AvgIpc) is 2.28. The molecule has 94 valence electrons. The molecule has 1 unspecified atom stereocenters. The van der Waals surface area contributed by atoms with Crippen molar-refractivity contribution in [3.63, 3.8) is 0 Å². The molecule has 1 atom stereocenters. The van der Waals surface area contributed by atoms with Crippen LogP contribution in [0.5, 0.6) is 0 Å². The van der Waals surface area contributed by atoms with Gasteiger partial charge in [-0.3, -0.25) is 10.1 Å². The second kappa shape index (κ2) is 5.39. The summed E-state index contributed by atoms with van der Waals surface area (Å²) in [7, 11) is -1.98. The minimum Gasteiger partial charge on any atom is -0.416 e. The molecular formula is C11H18N2O3Si. The zero-order valence-electron chi connectivity index (χ0n) is 10.3. The van der Waals surface area contributed by atoms with Crippen molar-refractivity contribution in [1.82, 2.24) is 0 Å². The van der Waals surface area contributed by atoms with Crippen molar-refractivity contribution in [3.8, 4) is 0 Å². The highest BCUT2D eigenvalue weighted by Gasteiger charge is 2.31. The molecule has 0 amide bonds. The van der Waals surface area contributed by atoms with Crippen molar-refractivity contribution in [1.29, 1.82) is 0 Å². The monoisotopic (exact) mass is 254 g/mol.